The van der Waals surface area contributed by atoms with E-state index in [1.54, 1.807) is 0 Å². The van der Waals surface area contributed by atoms with Crippen LogP contribution in [0, 0.1) is 18.3 Å². The van der Waals surface area contributed by atoms with Crippen LogP contribution in [0.2, 0.25) is 0 Å². The van der Waals surface area contributed by atoms with Crippen LogP contribution in [-0.4, -0.2) is 4.98 Å². The van der Waals surface area contributed by atoms with Crippen molar-refractivity contribution in [3.63, 3.8) is 0 Å². The summed E-state index contributed by atoms with van der Waals surface area (Å²) >= 11 is 0. The lowest BCUT2D eigenvalue weighted by Crippen LogP contribution is -2.17. The van der Waals surface area contributed by atoms with Gasteiger partial charge in [-0.2, -0.15) is 5.26 Å². The number of pyridine rings is 1. The van der Waals surface area contributed by atoms with Crippen molar-refractivity contribution in [3.05, 3.63) is 58.8 Å². The molecule has 0 N–H and O–H groups in total. The van der Waals surface area contributed by atoms with Crippen LogP contribution < -0.4 is 4.90 Å². The zero-order valence-electron chi connectivity index (χ0n) is 10.2. The Hall–Kier alpha value is -2.34. The molecular formula is C15H13N3. The SMILES string of the molecule is Cc1ccc(C#N)c(N2Cc3ccccc3C2)n1. The molecule has 3 nitrogen and oxygen atoms in total. The highest BCUT2D eigenvalue weighted by Crippen LogP contribution is 2.28. The summed E-state index contributed by atoms with van der Waals surface area (Å²) in [6, 6.07) is 14.3. The Balaban J connectivity index is 2.00. The van der Waals surface area contributed by atoms with E-state index in [1.165, 1.54) is 11.1 Å². The molecular weight excluding hydrogens is 222 g/mol. The standard InChI is InChI=1S/C15H13N3/c1-11-6-7-12(8-16)15(17-11)18-9-13-4-2-3-5-14(13)10-18/h2-7H,9-10H2,1H3. The van der Waals surface area contributed by atoms with Crippen LogP contribution in [0.5, 0.6) is 0 Å². The third kappa shape index (κ3) is 1.72. The number of rotatable bonds is 1. The number of hydrogen-bond acceptors (Lipinski definition) is 3. The highest BCUT2D eigenvalue weighted by molar-refractivity contribution is 5.57. The monoisotopic (exact) mass is 235 g/mol. The Bertz CT molecular complexity index is 615. The van der Waals surface area contributed by atoms with E-state index in [1.807, 2.05) is 19.1 Å². The van der Waals surface area contributed by atoms with Crippen molar-refractivity contribution in [2.45, 2.75) is 20.0 Å². The lowest BCUT2D eigenvalue weighted by molar-refractivity contribution is 0.849. The zero-order chi connectivity index (χ0) is 12.5. The molecule has 0 amide bonds. The predicted molar refractivity (Wildman–Crippen MR) is 70.0 cm³/mol. The Morgan fingerprint density at radius 2 is 1.78 bits per heavy atom. The van der Waals surface area contributed by atoms with Gasteiger partial charge in [-0.25, -0.2) is 4.98 Å². The summed E-state index contributed by atoms with van der Waals surface area (Å²) in [5.41, 5.74) is 4.24. The van der Waals surface area contributed by atoms with Gasteiger partial charge in [0.05, 0.1) is 5.56 Å². The summed E-state index contributed by atoms with van der Waals surface area (Å²) in [7, 11) is 0. The van der Waals surface area contributed by atoms with Gasteiger partial charge >= 0.3 is 0 Å². The number of anilines is 1. The largest absolute Gasteiger partial charge is 0.347 e. The summed E-state index contributed by atoms with van der Waals surface area (Å²) in [4.78, 5) is 6.68. The number of aromatic nitrogens is 1. The molecule has 1 aromatic carbocycles. The van der Waals surface area contributed by atoms with E-state index in [0.717, 1.165) is 24.6 Å². The van der Waals surface area contributed by atoms with Crippen molar-refractivity contribution < 1.29 is 0 Å². The molecule has 0 fully saturated rings. The summed E-state index contributed by atoms with van der Waals surface area (Å²) in [6.07, 6.45) is 0. The van der Waals surface area contributed by atoms with Gasteiger partial charge in [0, 0.05) is 18.8 Å². The molecule has 88 valence electrons. The second-order valence-electron chi connectivity index (χ2n) is 4.56. The third-order valence-electron chi connectivity index (χ3n) is 3.28. The number of hydrogen-bond donors (Lipinski definition) is 0. The molecule has 0 bridgehead atoms. The van der Waals surface area contributed by atoms with E-state index in [-0.39, 0.29) is 0 Å². The lowest BCUT2D eigenvalue weighted by atomic mass is 10.1. The zero-order valence-corrected chi connectivity index (χ0v) is 10.2. The molecule has 0 radical (unpaired) electrons. The maximum absolute atomic E-state index is 9.17. The van der Waals surface area contributed by atoms with E-state index in [4.69, 9.17) is 5.26 Å². The van der Waals surface area contributed by atoms with Gasteiger partial charge in [-0.1, -0.05) is 24.3 Å². The first kappa shape index (κ1) is 10.8. The molecule has 1 aromatic heterocycles. The van der Waals surface area contributed by atoms with E-state index < -0.39 is 0 Å². The molecule has 18 heavy (non-hydrogen) atoms. The minimum absolute atomic E-state index is 0.647. The molecule has 0 unspecified atom stereocenters. The quantitative estimate of drug-likeness (QED) is 0.763. The van der Waals surface area contributed by atoms with Crippen molar-refractivity contribution in [2.24, 2.45) is 0 Å². The first-order chi connectivity index (χ1) is 8.78. The van der Waals surface area contributed by atoms with Crippen LogP contribution in [0.25, 0.3) is 0 Å². The van der Waals surface area contributed by atoms with Crippen LogP contribution in [0.4, 0.5) is 5.82 Å². The van der Waals surface area contributed by atoms with Gasteiger partial charge in [0.1, 0.15) is 11.9 Å². The molecule has 2 aromatic rings. The fourth-order valence-electron chi connectivity index (χ4n) is 2.35. The molecule has 1 aliphatic rings. The third-order valence-corrected chi connectivity index (χ3v) is 3.28. The number of benzene rings is 1. The van der Waals surface area contributed by atoms with Crippen LogP contribution in [0.1, 0.15) is 22.4 Å². The topological polar surface area (TPSA) is 39.9 Å². The molecule has 0 spiro atoms. The molecule has 0 aliphatic carbocycles. The summed E-state index contributed by atoms with van der Waals surface area (Å²) < 4.78 is 0. The van der Waals surface area contributed by atoms with Crippen molar-refractivity contribution in [1.29, 1.82) is 5.26 Å². The van der Waals surface area contributed by atoms with Crippen molar-refractivity contribution in [2.75, 3.05) is 4.90 Å². The van der Waals surface area contributed by atoms with Crippen LogP contribution >= 0.6 is 0 Å². The molecule has 1 aliphatic heterocycles. The highest BCUT2D eigenvalue weighted by atomic mass is 15.2. The average molecular weight is 235 g/mol. The predicted octanol–water partition coefficient (Wildman–Crippen LogP) is 2.78. The van der Waals surface area contributed by atoms with Crippen LogP contribution in [0.3, 0.4) is 0 Å². The van der Waals surface area contributed by atoms with Crippen molar-refractivity contribution >= 4 is 5.82 Å². The van der Waals surface area contributed by atoms with E-state index >= 15 is 0 Å². The summed E-state index contributed by atoms with van der Waals surface area (Å²) in [5.74, 6) is 0.800. The number of aryl methyl sites for hydroxylation is 1. The smallest absolute Gasteiger partial charge is 0.147 e. The van der Waals surface area contributed by atoms with Gasteiger partial charge < -0.3 is 4.90 Å². The fourth-order valence-corrected chi connectivity index (χ4v) is 2.35. The average Bonchev–Trinajstić information content (AvgIpc) is 2.82. The van der Waals surface area contributed by atoms with Gasteiger partial charge in [0.15, 0.2) is 0 Å². The van der Waals surface area contributed by atoms with Crippen molar-refractivity contribution in [3.8, 4) is 6.07 Å². The Morgan fingerprint density at radius 3 is 2.39 bits per heavy atom. The Kier molecular flexibility index (Phi) is 2.49. The molecule has 3 rings (SSSR count). The summed E-state index contributed by atoms with van der Waals surface area (Å²) in [6.45, 7) is 3.62. The number of fused-ring (bicyclic) bond motifs is 1. The lowest BCUT2D eigenvalue weighted by Gasteiger charge is -2.18. The molecule has 0 saturated heterocycles. The molecule has 0 atom stereocenters. The van der Waals surface area contributed by atoms with Gasteiger partial charge in [-0.05, 0) is 30.2 Å². The second-order valence-corrected chi connectivity index (χ2v) is 4.56. The maximum atomic E-state index is 9.17. The minimum Gasteiger partial charge on any atom is -0.347 e. The van der Waals surface area contributed by atoms with Crippen LogP contribution in [0.15, 0.2) is 36.4 Å². The first-order valence-electron chi connectivity index (χ1n) is 5.97. The molecule has 0 saturated carbocycles. The normalized spacial score (nSPS) is 13.2. The van der Waals surface area contributed by atoms with Gasteiger partial charge in [-0.3, -0.25) is 0 Å². The van der Waals surface area contributed by atoms with Gasteiger partial charge in [-0.15, -0.1) is 0 Å². The first-order valence-corrected chi connectivity index (χ1v) is 5.97. The van der Waals surface area contributed by atoms with E-state index in [0.29, 0.717) is 5.56 Å². The highest BCUT2D eigenvalue weighted by Gasteiger charge is 2.21. The van der Waals surface area contributed by atoms with Gasteiger partial charge in [0.2, 0.25) is 0 Å². The van der Waals surface area contributed by atoms with Crippen LogP contribution in [-0.2, 0) is 13.1 Å². The second kappa shape index (κ2) is 4.15. The number of nitrogens with zero attached hydrogens (tertiary/aromatic N) is 3. The van der Waals surface area contributed by atoms with Crippen molar-refractivity contribution in [1.82, 2.24) is 4.98 Å². The van der Waals surface area contributed by atoms with E-state index in [9.17, 15) is 0 Å². The molecule has 3 heteroatoms. The Morgan fingerprint density at radius 1 is 1.11 bits per heavy atom. The Labute approximate surface area is 106 Å². The minimum atomic E-state index is 0.647. The summed E-state index contributed by atoms with van der Waals surface area (Å²) in [5, 5.41) is 9.17. The molecule has 2 heterocycles. The maximum Gasteiger partial charge on any atom is 0.147 e. The van der Waals surface area contributed by atoms with Gasteiger partial charge in [0.25, 0.3) is 0 Å². The fraction of sp³-hybridized carbons (Fsp3) is 0.200. The number of nitriles is 1. The van der Waals surface area contributed by atoms with E-state index in [2.05, 4.69) is 40.2 Å².